The van der Waals surface area contributed by atoms with Gasteiger partial charge in [0.15, 0.2) is 0 Å². The van der Waals surface area contributed by atoms with Gasteiger partial charge < -0.3 is 71.3 Å². The van der Waals surface area contributed by atoms with Gasteiger partial charge in [-0.05, 0) is 40.5 Å². The van der Waals surface area contributed by atoms with Crippen molar-refractivity contribution in [1.82, 2.24) is 51.5 Å². The molecule has 664 valence electrons. The van der Waals surface area contributed by atoms with Gasteiger partial charge in [0.1, 0.15) is 41.9 Å². The van der Waals surface area contributed by atoms with E-state index in [1.165, 1.54) is 47.2 Å². The highest BCUT2D eigenvalue weighted by molar-refractivity contribution is 6.18. The Balaban J connectivity index is 0.000000182. The maximum atomic E-state index is 12.5. The molecule has 10 fully saturated rings. The molecule has 14 amide bonds. The molecule has 0 aromatic carbocycles. The van der Waals surface area contributed by atoms with Gasteiger partial charge in [-0.2, -0.15) is 0 Å². The Bertz CT molecular complexity index is 4260. The summed E-state index contributed by atoms with van der Waals surface area (Å²) in [4.78, 5) is 286. The van der Waals surface area contributed by atoms with Gasteiger partial charge in [0, 0.05) is 123 Å². The third-order valence-corrected chi connectivity index (χ3v) is 25.9. The zero-order valence-electron chi connectivity index (χ0n) is 68.8. The summed E-state index contributed by atoms with van der Waals surface area (Å²) in [6, 6.07) is 0. The fourth-order valence-electron chi connectivity index (χ4n) is 20.7. The van der Waals surface area contributed by atoms with Crippen molar-refractivity contribution in [2.75, 3.05) is 68.5 Å². The number of ketones is 2. The molecule has 0 radical (unpaired) electrons. The summed E-state index contributed by atoms with van der Waals surface area (Å²) in [5, 5.41) is 52.1. The second-order valence-electron chi connectivity index (χ2n) is 31.3. The van der Waals surface area contributed by atoms with Gasteiger partial charge in [-0.3, -0.25) is 135 Å². The first-order valence-corrected chi connectivity index (χ1v) is 40.1. The van der Waals surface area contributed by atoms with E-state index in [1.54, 1.807) is 58.9 Å². The lowest BCUT2D eigenvalue weighted by atomic mass is 9.54. The van der Waals surface area contributed by atoms with Crippen molar-refractivity contribution in [2.45, 2.75) is 91.6 Å². The Kier molecular flexibility index (Phi) is 31.1. The number of Topliss-reactive ketones (excluding diaryl/α,β-unsaturated/α-hetero) is 2. The SMILES string of the molecule is CCCC(=O)C1C(OC=O)C(C(=O)NC)C1C(=O)O.CCCC(=O)C1C2C=CC(C(C(=O)NC)C2OC=O)C1C(=O)O.CCN1C(=O)C2C3C(=O)N(C)C(=O)C3C2C1=O.CCN1C(=O)C2C3C=CC(C4C(=O)N(C)C(=O)C34)C2C1=O.CCNC(=O)C1C(C(=O)O)C(OC=O)C1C(=O)NC.CCNC(=O)C1C2C=CC(C(OC=O)C2C(=O)NC)C1C(=O)O. The minimum Gasteiger partial charge on any atom is -0.481 e. The molecular formula is C80H102N10O32. The van der Waals surface area contributed by atoms with Crippen LogP contribution in [0.1, 0.15) is 67.2 Å². The van der Waals surface area contributed by atoms with E-state index >= 15 is 0 Å². The first-order valence-electron chi connectivity index (χ1n) is 40.1. The third kappa shape index (κ3) is 16.7. The molecule has 30 unspecified atom stereocenters. The highest BCUT2D eigenvalue weighted by Crippen LogP contribution is 2.59. The van der Waals surface area contributed by atoms with Gasteiger partial charge in [-0.1, -0.05) is 50.3 Å². The number of nitrogens with zero attached hydrogens (tertiary/aromatic N) is 4. The molecule has 122 heavy (non-hydrogen) atoms. The zero-order valence-corrected chi connectivity index (χ0v) is 68.8. The summed E-state index contributed by atoms with van der Waals surface area (Å²) in [5.74, 6) is -29.0. The van der Waals surface area contributed by atoms with Crippen LogP contribution in [-0.2, 0) is 134 Å². The van der Waals surface area contributed by atoms with Crippen molar-refractivity contribution >= 4 is 144 Å². The van der Waals surface area contributed by atoms with E-state index in [1.807, 2.05) is 19.1 Å². The van der Waals surface area contributed by atoms with E-state index < -0.39 is 214 Å². The quantitative estimate of drug-likeness (QED) is 0.0154. The van der Waals surface area contributed by atoms with Crippen LogP contribution in [0.25, 0.3) is 0 Å². The van der Waals surface area contributed by atoms with Crippen molar-refractivity contribution in [3.8, 4) is 0 Å². The molecule has 10 N–H and O–H groups in total. The number of carboxylic acids is 4. The minimum atomic E-state index is -1.27. The van der Waals surface area contributed by atoms with Gasteiger partial charge in [0.25, 0.3) is 25.9 Å². The number of hydrogen-bond acceptors (Lipinski definition) is 28. The van der Waals surface area contributed by atoms with Crippen LogP contribution < -0.4 is 31.9 Å². The molecule has 16 rings (SSSR count). The van der Waals surface area contributed by atoms with Gasteiger partial charge in [-0.25, -0.2) is 0 Å². The van der Waals surface area contributed by atoms with E-state index in [9.17, 15) is 125 Å². The Hall–Kier alpha value is -12.3. The van der Waals surface area contributed by atoms with E-state index in [0.29, 0.717) is 39.0 Å². The first-order chi connectivity index (χ1) is 57.9. The predicted octanol–water partition coefficient (Wildman–Crippen LogP) is -4.00. The van der Waals surface area contributed by atoms with Crippen LogP contribution in [0.15, 0.2) is 36.5 Å². The van der Waals surface area contributed by atoms with E-state index in [4.69, 9.17) is 24.4 Å². The molecule has 16 aliphatic rings. The lowest BCUT2D eigenvalue weighted by Crippen LogP contribution is -2.65. The molecule has 42 nitrogen and oxygen atoms in total. The minimum absolute atomic E-state index is 0.0878. The molecule has 0 spiro atoms. The molecular weight excluding hydrogens is 1610 g/mol. The van der Waals surface area contributed by atoms with Crippen molar-refractivity contribution < 1.29 is 154 Å². The number of ether oxygens (including phenoxy) is 4. The van der Waals surface area contributed by atoms with Crippen molar-refractivity contribution in [3.05, 3.63) is 36.5 Å². The summed E-state index contributed by atoms with van der Waals surface area (Å²) in [7, 11) is 8.51. The van der Waals surface area contributed by atoms with Crippen LogP contribution in [0.2, 0.25) is 0 Å². The normalized spacial score (nSPS) is 35.1. The van der Waals surface area contributed by atoms with Crippen LogP contribution in [0.4, 0.5) is 0 Å². The molecule has 6 bridgehead atoms. The number of amides is 14. The fourth-order valence-corrected chi connectivity index (χ4v) is 20.7. The number of carboxylic acid groups (broad SMARTS) is 4. The number of fused-ring (bicyclic) bond motifs is 8. The van der Waals surface area contributed by atoms with Crippen molar-refractivity contribution in [1.29, 1.82) is 0 Å². The van der Waals surface area contributed by atoms with Gasteiger partial charge in [0.05, 0.1) is 107 Å². The smallest absolute Gasteiger partial charge is 0.311 e. The number of rotatable bonds is 28. The van der Waals surface area contributed by atoms with E-state index in [0.717, 1.165) is 14.7 Å². The number of nitrogens with one attached hydrogen (secondary N) is 6. The Morgan fingerprint density at radius 3 is 0.926 bits per heavy atom. The zero-order chi connectivity index (χ0) is 91.0. The maximum Gasteiger partial charge on any atom is 0.311 e. The molecule has 0 aromatic heterocycles. The maximum absolute atomic E-state index is 12.5. The number of hydrogen-bond donors (Lipinski definition) is 10. The van der Waals surface area contributed by atoms with E-state index in [2.05, 4.69) is 36.6 Å². The number of carbonyl (C=O) groups excluding carboxylic acids is 20. The number of imide groups is 4. The number of allylic oxidation sites excluding steroid dienone is 4. The molecule has 6 saturated carbocycles. The standard InChI is InChI=1S/C16H21NO6.C15H20N2O6.C15H16N2O4.C12H17NO6.C11H16N2O6.C11H12N2O4/c1-3-4-10(19)11-9-6-5-8(12(11)16(21)22)13(15(20)17-2)14(9)23-7-18;1-3-17-14(20)9-7-4-5-8(10(9)15(21)22)12(23-6-18)11(7)13(19)16-2;1-3-17-14(20)10-6-4-5-7(11(10)15(17)21)9-8(6)12(18)16(2)13(9)19;1-3-4-6(15)7-8(12(17)18)9(11(16)13-2)10(7)19-5-14;1-3-13-10(16)5-6(9(15)12-2)8(19-4-14)7(5)11(17)18;1-3-13-10(16)6-4-5(7(6)11(13)17)9(15)12(2)8(4)14/h5-9,11-14H,3-4H2,1-2H3,(H,17,20)(H,21,22);4-12H,3H2,1-2H3,(H,16,19)(H,17,20)(H,21,22);4-11H,3H2,1-2H3;5,7-10H,3-4H2,1-2H3,(H,13,16)(H,17,18);4-8H,3H2,1-2H3,(H,12,15)(H,13,16)(H,17,18);4-7H,3H2,1-2H3. The van der Waals surface area contributed by atoms with Gasteiger partial charge >= 0.3 is 23.9 Å². The van der Waals surface area contributed by atoms with Crippen LogP contribution in [-0.4, -0.2) is 277 Å². The summed E-state index contributed by atoms with van der Waals surface area (Å²) in [6.45, 7) is 12.6. The molecule has 42 heteroatoms. The second kappa shape index (κ2) is 39.9. The Labute approximate surface area is 697 Å². The Morgan fingerprint density at radius 1 is 0.311 bits per heavy atom. The topological polar surface area (TPSA) is 613 Å². The average Bonchev–Trinajstić information content (AvgIpc) is 1.53. The average molecular weight is 1720 g/mol. The van der Waals surface area contributed by atoms with Crippen LogP contribution in [0.3, 0.4) is 0 Å². The highest BCUT2D eigenvalue weighted by Gasteiger charge is 2.74. The van der Waals surface area contributed by atoms with Crippen LogP contribution in [0.5, 0.6) is 0 Å². The van der Waals surface area contributed by atoms with Crippen LogP contribution >= 0.6 is 0 Å². The summed E-state index contributed by atoms with van der Waals surface area (Å²) < 4.78 is 19.5. The number of carbonyl (C=O) groups is 24. The largest absolute Gasteiger partial charge is 0.481 e. The summed E-state index contributed by atoms with van der Waals surface area (Å²) >= 11 is 0. The second-order valence-corrected chi connectivity index (χ2v) is 31.3. The van der Waals surface area contributed by atoms with Crippen molar-refractivity contribution in [2.24, 2.45) is 154 Å². The molecule has 4 aliphatic heterocycles. The summed E-state index contributed by atoms with van der Waals surface area (Å²) in [5.41, 5.74) is 0. The predicted molar refractivity (Wildman–Crippen MR) is 406 cm³/mol. The first kappa shape index (κ1) is 95.2. The van der Waals surface area contributed by atoms with Crippen LogP contribution in [0, 0.1) is 154 Å². The number of likely N-dealkylation sites (tertiary alicyclic amines) is 4. The van der Waals surface area contributed by atoms with E-state index in [-0.39, 0.29) is 121 Å². The Morgan fingerprint density at radius 2 is 0.582 bits per heavy atom. The van der Waals surface area contributed by atoms with Gasteiger partial charge in [0.2, 0.25) is 82.7 Å². The molecule has 30 atom stereocenters. The fraction of sp³-hybridized carbons (Fsp3) is 0.625. The molecule has 4 heterocycles. The van der Waals surface area contributed by atoms with Gasteiger partial charge in [-0.15, -0.1) is 0 Å². The molecule has 4 saturated heterocycles. The highest BCUT2D eigenvalue weighted by atomic mass is 16.5. The monoisotopic (exact) mass is 1710 g/mol. The molecule has 12 aliphatic carbocycles. The number of aliphatic carboxylic acids is 4. The lowest BCUT2D eigenvalue weighted by Gasteiger charge is -2.49. The summed E-state index contributed by atoms with van der Waals surface area (Å²) in [6.07, 6.45) is 8.29. The molecule has 0 aromatic rings. The van der Waals surface area contributed by atoms with Crippen molar-refractivity contribution in [3.63, 3.8) is 0 Å². The third-order valence-electron chi connectivity index (χ3n) is 25.9. The lowest BCUT2D eigenvalue weighted by molar-refractivity contribution is -0.188.